The quantitative estimate of drug-likeness (QED) is 0.476. The van der Waals surface area contributed by atoms with Gasteiger partial charge in [-0.15, -0.1) is 11.6 Å². The highest BCUT2D eigenvalue weighted by Gasteiger charge is 2.21. The van der Waals surface area contributed by atoms with Gasteiger partial charge in [-0.2, -0.15) is 0 Å². The molecule has 0 aliphatic carbocycles. The minimum Gasteiger partial charge on any atom is -0.335 e. The molecule has 0 fully saturated rings. The Kier molecular flexibility index (Phi) is 5.57. The lowest BCUT2D eigenvalue weighted by atomic mass is 10.1. The molecule has 0 bridgehead atoms. The monoisotopic (exact) mass is 304 g/mol. The number of nitro benzene ring substituents is 1. The molecule has 0 N–H and O–H groups in total. The van der Waals surface area contributed by atoms with Crippen molar-refractivity contribution in [1.82, 2.24) is 4.90 Å². The summed E-state index contributed by atoms with van der Waals surface area (Å²) in [5.74, 6) is -0.0201. The number of nitro groups is 1. The number of non-ortho nitro benzene ring substituents is 1. The van der Waals surface area contributed by atoms with Gasteiger partial charge in [0.15, 0.2) is 0 Å². The van der Waals surface area contributed by atoms with E-state index in [9.17, 15) is 14.9 Å². The Labute approximate surface area is 121 Å². The van der Waals surface area contributed by atoms with Gasteiger partial charge in [0.25, 0.3) is 11.6 Å². The molecular weight excluding hydrogens is 291 g/mol. The number of hydrogen-bond acceptors (Lipinski definition) is 3. The Balaban J connectivity index is 3.13. The predicted octanol–water partition coefficient (Wildman–Crippen LogP) is 3.34. The van der Waals surface area contributed by atoms with Crippen LogP contribution in [0.2, 0.25) is 5.02 Å². The van der Waals surface area contributed by atoms with E-state index in [1.165, 1.54) is 18.2 Å². The smallest absolute Gasteiger partial charge is 0.271 e. The van der Waals surface area contributed by atoms with Crippen molar-refractivity contribution >= 4 is 34.8 Å². The maximum absolute atomic E-state index is 12.3. The van der Waals surface area contributed by atoms with E-state index in [2.05, 4.69) is 0 Å². The molecule has 1 aromatic carbocycles. The zero-order chi connectivity index (χ0) is 14.6. The number of benzene rings is 1. The van der Waals surface area contributed by atoms with Crippen molar-refractivity contribution in [3.05, 3.63) is 38.9 Å². The topological polar surface area (TPSA) is 63.5 Å². The van der Waals surface area contributed by atoms with Crippen LogP contribution in [0.1, 0.15) is 24.2 Å². The van der Waals surface area contributed by atoms with E-state index < -0.39 is 4.92 Å². The van der Waals surface area contributed by atoms with Gasteiger partial charge in [0, 0.05) is 41.2 Å². The van der Waals surface area contributed by atoms with Crippen molar-refractivity contribution < 1.29 is 9.72 Å². The fourth-order valence-corrected chi connectivity index (χ4v) is 2.07. The summed E-state index contributed by atoms with van der Waals surface area (Å²) in [4.78, 5) is 24.0. The van der Waals surface area contributed by atoms with E-state index in [1.807, 2.05) is 13.8 Å². The van der Waals surface area contributed by atoms with Crippen molar-refractivity contribution in [3.63, 3.8) is 0 Å². The van der Waals surface area contributed by atoms with Crippen LogP contribution in [0.5, 0.6) is 0 Å². The number of amides is 1. The van der Waals surface area contributed by atoms with E-state index in [4.69, 9.17) is 23.2 Å². The third kappa shape index (κ3) is 4.08. The van der Waals surface area contributed by atoms with E-state index in [0.717, 1.165) is 0 Å². The first-order chi connectivity index (χ1) is 8.86. The van der Waals surface area contributed by atoms with Crippen LogP contribution < -0.4 is 0 Å². The first-order valence-electron chi connectivity index (χ1n) is 5.68. The molecule has 5 nitrogen and oxygen atoms in total. The molecule has 0 aromatic heterocycles. The first kappa shape index (κ1) is 15.7. The summed E-state index contributed by atoms with van der Waals surface area (Å²) < 4.78 is 0. The second-order valence-electron chi connectivity index (χ2n) is 4.24. The van der Waals surface area contributed by atoms with Gasteiger partial charge < -0.3 is 4.90 Å². The number of halogens is 2. The predicted molar refractivity (Wildman–Crippen MR) is 75.0 cm³/mol. The van der Waals surface area contributed by atoms with Crippen molar-refractivity contribution in [2.45, 2.75) is 19.9 Å². The molecule has 7 heteroatoms. The van der Waals surface area contributed by atoms with Gasteiger partial charge in [-0.05, 0) is 19.9 Å². The van der Waals surface area contributed by atoms with E-state index in [1.54, 1.807) is 4.90 Å². The third-order valence-electron chi connectivity index (χ3n) is 2.55. The van der Waals surface area contributed by atoms with Crippen LogP contribution in [-0.2, 0) is 0 Å². The fourth-order valence-electron chi connectivity index (χ4n) is 1.65. The number of rotatable bonds is 5. The van der Waals surface area contributed by atoms with E-state index in [-0.39, 0.29) is 28.2 Å². The Bertz CT molecular complexity index is 492. The summed E-state index contributed by atoms with van der Waals surface area (Å²) in [6, 6.07) is 3.79. The van der Waals surface area contributed by atoms with Gasteiger partial charge >= 0.3 is 0 Å². The molecule has 0 aliphatic rings. The van der Waals surface area contributed by atoms with Gasteiger partial charge in [0.1, 0.15) is 0 Å². The molecule has 0 radical (unpaired) electrons. The molecule has 104 valence electrons. The van der Waals surface area contributed by atoms with E-state index in [0.29, 0.717) is 12.4 Å². The molecule has 0 atom stereocenters. The van der Waals surface area contributed by atoms with Crippen LogP contribution in [0.3, 0.4) is 0 Å². The minimum absolute atomic E-state index is 0.0516. The molecule has 0 spiro atoms. The largest absolute Gasteiger partial charge is 0.335 e. The van der Waals surface area contributed by atoms with Gasteiger partial charge in [-0.25, -0.2) is 0 Å². The molecular formula is C12H14Cl2N2O3. The van der Waals surface area contributed by atoms with Gasteiger partial charge in [-0.1, -0.05) is 11.6 Å². The maximum atomic E-state index is 12.3. The minimum atomic E-state index is -0.579. The molecule has 1 amide bonds. The SMILES string of the molecule is CC(C)N(CCCl)C(=O)c1cc(Cl)cc([N+](=O)[O-])c1. The van der Waals surface area contributed by atoms with Crippen LogP contribution in [-0.4, -0.2) is 34.2 Å². The van der Waals surface area contributed by atoms with Gasteiger partial charge in [-0.3, -0.25) is 14.9 Å². The average Bonchev–Trinajstić information content (AvgIpc) is 2.33. The van der Waals surface area contributed by atoms with Crippen molar-refractivity contribution in [1.29, 1.82) is 0 Å². The fraction of sp³-hybridized carbons (Fsp3) is 0.417. The first-order valence-corrected chi connectivity index (χ1v) is 6.60. The molecule has 1 rings (SSSR count). The average molecular weight is 305 g/mol. The zero-order valence-electron chi connectivity index (χ0n) is 10.6. The highest BCUT2D eigenvalue weighted by Crippen LogP contribution is 2.22. The lowest BCUT2D eigenvalue weighted by Gasteiger charge is -2.25. The molecule has 1 aromatic rings. The molecule has 19 heavy (non-hydrogen) atoms. The normalized spacial score (nSPS) is 10.6. The van der Waals surface area contributed by atoms with Crippen LogP contribution in [0.4, 0.5) is 5.69 Å². The van der Waals surface area contributed by atoms with Crippen LogP contribution in [0.25, 0.3) is 0 Å². The number of carbonyl (C=O) groups is 1. The number of carbonyl (C=O) groups excluding carboxylic acids is 1. The summed E-state index contributed by atoms with van der Waals surface area (Å²) in [5.41, 5.74) is -0.0107. The van der Waals surface area contributed by atoms with Crippen molar-refractivity contribution in [2.24, 2.45) is 0 Å². The van der Waals surface area contributed by atoms with E-state index >= 15 is 0 Å². The summed E-state index contributed by atoms with van der Waals surface area (Å²) in [7, 11) is 0. The van der Waals surface area contributed by atoms with Crippen LogP contribution in [0.15, 0.2) is 18.2 Å². The molecule has 0 aliphatic heterocycles. The Hall–Kier alpha value is -1.33. The zero-order valence-corrected chi connectivity index (χ0v) is 12.1. The highest BCUT2D eigenvalue weighted by molar-refractivity contribution is 6.31. The summed E-state index contributed by atoms with van der Waals surface area (Å²) in [6.07, 6.45) is 0. The van der Waals surface area contributed by atoms with Crippen LogP contribution >= 0.6 is 23.2 Å². The highest BCUT2D eigenvalue weighted by atomic mass is 35.5. The Morgan fingerprint density at radius 2 is 2.05 bits per heavy atom. The standard InChI is InChI=1S/C12H14Cl2N2O3/c1-8(2)15(4-3-13)12(17)9-5-10(14)7-11(6-9)16(18)19/h5-8H,3-4H2,1-2H3. The number of alkyl halides is 1. The summed E-state index contributed by atoms with van der Waals surface area (Å²) >= 11 is 11.5. The van der Waals surface area contributed by atoms with Crippen molar-refractivity contribution in [2.75, 3.05) is 12.4 Å². The maximum Gasteiger partial charge on any atom is 0.271 e. The second-order valence-corrected chi connectivity index (χ2v) is 5.05. The molecule has 0 heterocycles. The summed E-state index contributed by atoms with van der Waals surface area (Å²) in [6.45, 7) is 4.07. The Morgan fingerprint density at radius 1 is 1.42 bits per heavy atom. The van der Waals surface area contributed by atoms with Crippen molar-refractivity contribution in [3.8, 4) is 0 Å². The molecule has 0 unspecified atom stereocenters. The second kappa shape index (κ2) is 6.73. The lowest BCUT2D eigenvalue weighted by molar-refractivity contribution is -0.384. The number of nitrogens with zero attached hydrogens (tertiary/aromatic N) is 2. The third-order valence-corrected chi connectivity index (χ3v) is 2.94. The number of hydrogen-bond donors (Lipinski definition) is 0. The Morgan fingerprint density at radius 3 is 2.53 bits per heavy atom. The lowest BCUT2D eigenvalue weighted by Crippen LogP contribution is -2.38. The molecule has 0 saturated heterocycles. The van der Waals surface area contributed by atoms with Crippen LogP contribution in [0, 0.1) is 10.1 Å². The van der Waals surface area contributed by atoms with Gasteiger partial charge in [0.2, 0.25) is 0 Å². The van der Waals surface area contributed by atoms with Gasteiger partial charge in [0.05, 0.1) is 4.92 Å². The summed E-state index contributed by atoms with van der Waals surface area (Å²) in [5, 5.41) is 10.9. The molecule has 0 saturated carbocycles.